The van der Waals surface area contributed by atoms with Crippen LogP contribution in [0.4, 0.5) is 0 Å². The number of thioether (sulfide) groups is 1. The molecule has 0 saturated carbocycles. The molecule has 0 aliphatic heterocycles. The molecule has 0 aliphatic rings. The fourth-order valence-electron chi connectivity index (χ4n) is 1.89. The Labute approximate surface area is 129 Å². The standard InChI is InChI=1S/C16H19N3OS/c1-12(2)9-10-21-16-15(11-17-20)13(3)18-19(16)14-7-5-4-6-8-14/h4-9,11,20H,10H2,1-3H3/b17-11+. The van der Waals surface area contributed by atoms with Crippen LogP contribution in [0.5, 0.6) is 0 Å². The van der Waals surface area contributed by atoms with Crippen molar-refractivity contribution >= 4 is 18.0 Å². The molecule has 2 aromatic rings. The van der Waals surface area contributed by atoms with E-state index in [-0.39, 0.29) is 0 Å². The minimum absolute atomic E-state index is 0.844. The first-order valence-electron chi connectivity index (χ1n) is 6.72. The van der Waals surface area contributed by atoms with Crippen molar-refractivity contribution in [3.8, 4) is 5.69 Å². The Morgan fingerprint density at radius 1 is 1.33 bits per heavy atom. The van der Waals surface area contributed by atoms with Gasteiger partial charge in [0.1, 0.15) is 5.03 Å². The fourth-order valence-corrected chi connectivity index (χ4v) is 3.09. The Morgan fingerprint density at radius 3 is 2.67 bits per heavy atom. The number of aryl methyl sites for hydroxylation is 1. The van der Waals surface area contributed by atoms with Crippen LogP contribution >= 0.6 is 11.8 Å². The number of hydrogen-bond acceptors (Lipinski definition) is 4. The summed E-state index contributed by atoms with van der Waals surface area (Å²) in [5.41, 5.74) is 3.98. The molecular weight excluding hydrogens is 282 g/mol. The zero-order valence-corrected chi connectivity index (χ0v) is 13.3. The minimum Gasteiger partial charge on any atom is -0.411 e. The summed E-state index contributed by atoms with van der Waals surface area (Å²) in [6.07, 6.45) is 3.62. The molecule has 0 radical (unpaired) electrons. The number of aromatic nitrogens is 2. The molecule has 1 aromatic heterocycles. The van der Waals surface area contributed by atoms with Crippen LogP contribution in [0.2, 0.25) is 0 Å². The lowest BCUT2D eigenvalue weighted by atomic mass is 10.3. The third kappa shape index (κ3) is 3.76. The van der Waals surface area contributed by atoms with Gasteiger partial charge < -0.3 is 5.21 Å². The summed E-state index contributed by atoms with van der Waals surface area (Å²) in [7, 11) is 0. The molecule has 1 heterocycles. The molecule has 4 nitrogen and oxygen atoms in total. The van der Waals surface area contributed by atoms with Crippen LogP contribution in [0.15, 0.2) is 52.2 Å². The van der Waals surface area contributed by atoms with Crippen LogP contribution in [0.25, 0.3) is 5.69 Å². The first-order chi connectivity index (χ1) is 10.1. The summed E-state index contributed by atoms with van der Waals surface area (Å²) in [4.78, 5) is 0. The number of oxime groups is 1. The molecule has 0 spiro atoms. The van der Waals surface area contributed by atoms with E-state index in [1.54, 1.807) is 11.8 Å². The van der Waals surface area contributed by atoms with Crippen LogP contribution in [-0.4, -0.2) is 27.0 Å². The average Bonchev–Trinajstić information content (AvgIpc) is 2.77. The molecule has 0 atom stereocenters. The van der Waals surface area contributed by atoms with Crippen LogP contribution in [0.3, 0.4) is 0 Å². The number of allylic oxidation sites excluding steroid dienone is 1. The predicted octanol–water partition coefficient (Wildman–Crippen LogP) is 4.05. The first-order valence-corrected chi connectivity index (χ1v) is 7.70. The van der Waals surface area contributed by atoms with Crippen molar-refractivity contribution in [3.05, 3.63) is 53.2 Å². The van der Waals surface area contributed by atoms with E-state index in [4.69, 9.17) is 5.21 Å². The highest BCUT2D eigenvalue weighted by molar-refractivity contribution is 7.99. The summed E-state index contributed by atoms with van der Waals surface area (Å²) in [6, 6.07) is 9.97. The molecule has 5 heteroatoms. The Hall–Kier alpha value is -2.01. The van der Waals surface area contributed by atoms with E-state index >= 15 is 0 Å². The van der Waals surface area contributed by atoms with E-state index in [1.165, 1.54) is 11.8 Å². The van der Waals surface area contributed by atoms with Gasteiger partial charge in [0.2, 0.25) is 0 Å². The highest BCUT2D eigenvalue weighted by Gasteiger charge is 2.15. The zero-order valence-electron chi connectivity index (χ0n) is 12.4. The van der Waals surface area contributed by atoms with Gasteiger partial charge in [-0.3, -0.25) is 0 Å². The maximum absolute atomic E-state index is 8.87. The quantitative estimate of drug-likeness (QED) is 0.298. The first kappa shape index (κ1) is 15.4. The maximum atomic E-state index is 8.87. The van der Waals surface area contributed by atoms with Crippen LogP contribution in [-0.2, 0) is 0 Å². The summed E-state index contributed by atoms with van der Waals surface area (Å²) in [6.45, 7) is 6.08. The Balaban J connectivity index is 2.44. The lowest BCUT2D eigenvalue weighted by Gasteiger charge is -2.07. The smallest absolute Gasteiger partial charge is 0.109 e. The van der Waals surface area contributed by atoms with E-state index < -0.39 is 0 Å². The minimum atomic E-state index is 0.844. The number of para-hydroxylation sites is 1. The summed E-state index contributed by atoms with van der Waals surface area (Å²) in [5.74, 6) is 0.854. The second kappa shape index (κ2) is 7.13. The Kier molecular flexibility index (Phi) is 5.22. The fraction of sp³-hybridized carbons (Fsp3) is 0.250. The molecule has 110 valence electrons. The van der Waals surface area contributed by atoms with Crippen molar-refractivity contribution in [2.45, 2.75) is 25.8 Å². The van der Waals surface area contributed by atoms with E-state index in [2.05, 4.69) is 30.2 Å². The van der Waals surface area contributed by atoms with Gasteiger partial charge in [-0.15, -0.1) is 11.8 Å². The van der Waals surface area contributed by atoms with Crippen LogP contribution in [0.1, 0.15) is 25.1 Å². The van der Waals surface area contributed by atoms with Gasteiger partial charge >= 0.3 is 0 Å². The van der Waals surface area contributed by atoms with E-state index in [0.29, 0.717) is 0 Å². The topological polar surface area (TPSA) is 50.4 Å². The summed E-state index contributed by atoms with van der Waals surface area (Å²) < 4.78 is 1.90. The van der Waals surface area contributed by atoms with Crippen LogP contribution in [0, 0.1) is 6.92 Å². The summed E-state index contributed by atoms with van der Waals surface area (Å²) >= 11 is 1.68. The van der Waals surface area contributed by atoms with Gasteiger partial charge in [0.15, 0.2) is 0 Å². The third-order valence-corrected chi connectivity index (χ3v) is 3.96. The van der Waals surface area contributed by atoms with E-state index in [0.717, 1.165) is 27.7 Å². The lowest BCUT2D eigenvalue weighted by Crippen LogP contribution is -1.99. The largest absolute Gasteiger partial charge is 0.411 e. The van der Waals surface area contributed by atoms with Crippen molar-refractivity contribution < 1.29 is 5.21 Å². The van der Waals surface area contributed by atoms with Gasteiger partial charge in [0, 0.05) is 5.75 Å². The van der Waals surface area contributed by atoms with Crippen molar-refractivity contribution in [2.75, 3.05) is 5.75 Å². The predicted molar refractivity (Wildman–Crippen MR) is 87.8 cm³/mol. The van der Waals surface area contributed by atoms with Crippen molar-refractivity contribution in [1.29, 1.82) is 0 Å². The van der Waals surface area contributed by atoms with Gasteiger partial charge in [-0.1, -0.05) is 35.0 Å². The Morgan fingerprint density at radius 2 is 2.05 bits per heavy atom. The molecule has 2 rings (SSSR count). The lowest BCUT2D eigenvalue weighted by molar-refractivity contribution is 0.321. The van der Waals surface area contributed by atoms with E-state index in [9.17, 15) is 0 Å². The average molecular weight is 301 g/mol. The molecule has 21 heavy (non-hydrogen) atoms. The van der Waals surface area contributed by atoms with Crippen molar-refractivity contribution in [1.82, 2.24) is 9.78 Å². The number of rotatable bonds is 5. The molecule has 0 saturated heterocycles. The van der Waals surface area contributed by atoms with Crippen LogP contribution < -0.4 is 0 Å². The number of nitrogens with zero attached hydrogens (tertiary/aromatic N) is 3. The van der Waals surface area contributed by atoms with Gasteiger partial charge in [-0.05, 0) is 32.9 Å². The van der Waals surface area contributed by atoms with Crippen molar-refractivity contribution in [3.63, 3.8) is 0 Å². The van der Waals surface area contributed by atoms with Gasteiger partial charge in [0.05, 0.1) is 23.2 Å². The number of benzene rings is 1. The second-order valence-corrected chi connectivity index (χ2v) is 5.90. The highest BCUT2D eigenvalue weighted by atomic mass is 32.2. The summed E-state index contributed by atoms with van der Waals surface area (Å²) in [5, 5.41) is 17.6. The second-order valence-electron chi connectivity index (χ2n) is 4.89. The highest BCUT2D eigenvalue weighted by Crippen LogP contribution is 2.27. The van der Waals surface area contributed by atoms with Gasteiger partial charge in [-0.2, -0.15) is 5.10 Å². The molecular formula is C16H19N3OS. The third-order valence-electron chi connectivity index (χ3n) is 2.96. The zero-order chi connectivity index (χ0) is 15.2. The Bertz CT molecular complexity index is 656. The molecule has 1 aromatic carbocycles. The molecule has 1 N–H and O–H groups in total. The molecule has 0 fully saturated rings. The van der Waals surface area contributed by atoms with Crippen molar-refractivity contribution in [2.24, 2.45) is 5.16 Å². The number of hydrogen-bond donors (Lipinski definition) is 1. The molecule has 0 aliphatic carbocycles. The normalized spacial score (nSPS) is 11.0. The molecule has 0 unspecified atom stereocenters. The van der Waals surface area contributed by atoms with Gasteiger partial charge in [0.25, 0.3) is 0 Å². The maximum Gasteiger partial charge on any atom is 0.109 e. The monoisotopic (exact) mass is 301 g/mol. The van der Waals surface area contributed by atoms with Gasteiger partial charge in [-0.25, -0.2) is 4.68 Å². The SMILES string of the molecule is CC(C)=CCSc1c(/C=N/O)c(C)nn1-c1ccccc1. The molecule has 0 amide bonds. The van der Waals surface area contributed by atoms with E-state index in [1.807, 2.05) is 41.9 Å². The molecule has 0 bridgehead atoms.